The van der Waals surface area contributed by atoms with Crippen LogP contribution in [0.5, 0.6) is 11.5 Å². The fourth-order valence-corrected chi connectivity index (χ4v) is 4.56. The van der Waals surface area contributed by atoms with E-state index < -0.39 is 12.2 Å². The zero-order chi connectivity index (χ0) is 27.5. The van der Waals surface area contributed by atoms with E-state index in [1.807, 2.05) is 18.3 Å². The number of furan rings is 1. The number of aryl methyl sites for hydroxylation is 3. The van der Waals surface area contributed by atoms with Crippen molar-refractivity contribution in [1.82, 2.24) is 10.3 Å². The Bertz CT molecular complexity index is 1090. The van der Waals surface area contributed by atoms with Gasteiger partial charge in [-0.05, 0) is 86.5 Å². The summed E-state index contributed by atoms with van der Waals surface area (Å²) in [5.41, 5.74) is 3.25. The number of aromatic hydroxyl groups is 1. The molecule has 3 rings (SSSR count). The predicted molar refractivity (Wildman–Crippen MR) is 151 cm³/mol. The van der Waals surface area contributed by atoms with Gasteiger partial charge >= 0.3 is 0 Å². The van der Waals surface area contributed by atoms with E-state index in [2.05, 4.69) is 49.3 Å². The first-order valence-electron chi connectivity index (χ1n) is 14.1. The largest absolute Gasteiger partial charge is 0.504 e. The van der Waals surface area contributed by atoms with Gasteiger partial charge in [0.05, 0.1) is 18.2 Å². The summed E-state index contributed by atoms with van der Waals surface area (Å²) in [5.74, 6) is 2.87. The maximum Gasteiger partial charge on any atom is 0.161 e. The van der Waals surface area contributed by atoms with Crippen LogP contribution in [0.2, 0.25) is 0 Å². The van der Waals surface area contributed by atoms with Crippen molar-refractivity contribution in [1.29, 1.82) is 0 Å². The van der Waals surface area contributed by atoms with Gasteiger partial charge in [-0.3, -0.25) is 0 Å². The zero-order valence-corrected chi connectivity index (χ0v) is 23.4. The molecular formula is C31H46N2O5. The van der Waals surface area contributed by atoms with E-state index >= 15 is 0 Å². The second-order valence-corrected chi connectivity index (χ2v) is 10.4. The van der Waals surface area contributed by atoms with Crippen molar-refractivity contribution >= 4 is 0 Å². The fraction of sp³-hybridized carbons (Fsp3) is 0.548. The molecule has 0 amide bonds. The molecule has 7 nitrogen and oxygen atoms in total. The van der Waals surface area contributed by atoms with Gasteiger partial charge in [0.25, 0.3) is 0 Å². The summed E-state index contributed by atoms with van der Waals surface area (Å²) in [6.45, 7) is 9.10. The average Bonchev–Trinajstić information content (AvgIpc) is 3.58. The molecule has 0 bridgehead atoms. The zero-order valence-electron chi connectivity index (χ0n) is 23.4. The van der Waals surface area contributed by atoms with Crippen LogP contribution in [0.3, 0.4) is 0 Å². The Morgan fingerprint density at radius 3 is 2.45 bits per heavy atom. The second kappa shape index (κ2) is 15.0. The van der Waals surface area contributed by atoms with Crippen LogP contribution in [-0.4, -0.2) is 45.7 Å². The third kappa shape index (κ3) is 8.93. The Hall–Kier alpha value is -2.74. The molecule has 0 saturated carbocycles. The van der Waals surface area contributed by atoms with Crippen molar-refractivity contribution in [3.63, 3.8) is 0 Å². The number of phenolic OH excluding ortho intramolecular Hbond substituents is 1. The molecule has 2 aromatic heterocycles. The molecule has 5 N–H and O–H groups in total. The van der Waals surface area contributed by atoms with Crippen LogP contribution in [0, 0.1) is 0 Å². The van der Waals surface area contributed by atoms with Crippen LogP contribution in [0.15, 0.2) is 47.0 Å². The summed E-state index contributed by atoms with van der Waals surface area (Å²) in [6.07, 6.45) is 6.78. The Morgan fingerprint density at radius 2 is 1.74 bits per heavy atom. The van der Waals surface area contributed by atoms with Gasteiger partial charge < -0.3 is 34.8 Å². The molecule has 210 valence electrons. The summed E-state index contributed by atoms with van der Waals surface area (Å²) in [7, 11) is 0. The van der Waals surface area contributed by atoms with E-state index in [-0.39, 0.29) is 17.7 Å². The number of aliphatic hydroxyl groups is 2. The number of aromatic nitrogens is 1. The highest BCUT2D eigenvalue weighted by Crippen LogP contribution is 2.30. The molecule has 0 aliphatic rings. The Morgan fingerprint density at radius 1 is 0.974 bits per heavy atom. The first-order valence-corrected chi connectivity index (χ1v) is 14.1. The molecular weight excluding hydrogens is 480 g/mol. The summed E-state index contributed by atoms with van der Waals surface area (Å²) in [5, 5.41) is 33.3. The highest BCUT2D eigenvalue weighted by atomic mass is 16.5. The number of benzene rings is 1. The maximum atomic E-state index is 10.4. The monoisotopic (exact) mass is 526 g/mol. The number of phenols is 1. The molecule has 38 heavy (non-hydrogen) atoms. The topological polar surface area (TPSA) is 111 Å². The van der Waals surface area contributed by atoms with Gasteiger partial charge in [0.1, 0.15) is 18.1 Å². The highest BCUT2D eigenvalue weighted by Gasteiger charge is 2.18. The molecule has 3 aromatic rings. The van der Waals surface area contributed by atoms with Gasteiger partial charge in [0.15, 0.2) is 11.5 Å². The average molecular weight is 527 g/mol. The molecule has 0 saturated heterocycles. The van der Waals surface area contributed by atoms with Crippen molar-refractivity contribution in [2.24, 2.45) is 0 Å². The summed E-state index contributed by atoms with van der Waals surface area (Å²) < 4.78 is 12.1. The van der Waals surface area contributed by atoms with Gasteiger partial charge in [-0.1, -0.05) is 33.3 Å². The number of unbranched alkanes of at least 4 members (excludes halogenated alkanes) is 1. The lowest BCUT2D eigenvalue weighted by Gasteiger charge is -2.19. The van der Waals surface area contributed by atoms with E-state index in [0.717, 1.165) is 73.4 Å². The van der Waals surface area contributed by atoms with Crippen molar-refractivity contribution in [2.45, 2.75) is 96.8 Å². The molecule has 0 aliphatic heterocycles. The molecule has 0 fully saturated rings. The predicted octanol–water partition coefficient (Wildman–Crippen LogP) is 5.80. The molecule has 1 aromatic carbocycles. The first kappa shape index (κ1) is 29.8. The van der Waals surface area contributed by atoms with Crippen molar-refractivity contribution in [3.8, 4) is 11.5 Å². The minimum absolute atomic E-state index is 0.0725. The van der Waals surface area contributed by atoms with E-state index in [9.17, 15) is 15.3 Å². The van der Waals surface area contributed by atoms with Crippen LogP contribution in [0.4, 0.5) is 0 Å². The van der Waals surface area contributed by atoms with E-state index in [1.165, 1.54) is 0 Å². The molecule has 0 radical (unpaired) electrons. The number of hydrogen-bond donors (Lipinski definition) is 5. The minimum atomic E-state index is -0.720. The SMILES string of the molecule is CCCCc1ccc(CCc2ccc(O)c(OCC(NCC)c3cc(C(C)CCC(O)C(C)O)c[nH]3)c2)o1. The van der Waals surface area contributed by atoms with Gasteiger partial charge in [-0.15, -0.1) is 0 Å². The standard InChI is InChI=1S/C31H46N2O5/c1-5-7-8-25-13-14-26(38-25)12-10-23-11-16-30(36)31(17-23)37-20-28(32-6-2)27-18-24(19-33-27)21(3)9-15-29(35)22(4)34/h11,13-14,16-19,21-22,28-29,32-36H,5-10,12,15,20H2,1-4H3. The Labute approximate surface area is 227 Å². The van der Waals surface area contributed by atoms with E-state index in [0.29, 0.717) is 18.8 Å². The number of aromatic amines is 1. The van der Waals surface area contributed by atoms with Crippen molar-refractivity contribution < 1.29 is 24.5 Å². The molecule has 7 heteroatoms. The molecule has 4 atom stereocenters. The summed E-state index contributed by atoms with van der Waals surface area (Å²) in [6, 6.07) is 11.7. The summed E-state index contributed by atoms with van der Waals surface area (Å²) >= 11 is 0. The lowest BCUT2D eigenvalue weighted by Crippen LogP contribution is -2.27. The van der Waals surface area contributed by atoms with E-state index in [4.69, 9.17) is 9.15 Å². The Kier molecular flexibility index (Phi) is 11.8. The normalized spacial score (nSPS) is 14.8. The molecule has 4 unspecified atom stereocenters. The fourth-order valence-electron chi connectivity index (χ4n) is 4.56. The lowest BCUT2D eigenvalue weighted by atomic mass is 9.95. The number of aliphatic hydroxyl groups excluding tert-OH is 2. The van der Waals surface area contributed by atoms with Gasteiger partial charge in [-0.25, -0.2) is 0 Å². The number of nitrogens with one attached hydrogen (secondary N) is 2. The smallest absolute Gasteiger partial charge is 0.161 e. The van der Waals surface area contributed by atoms with Crippen LogP contribution >= 0.6 is 0 Å². The summed E-state index contributed by atoms with van der Waals surface area (Å²) in [4.78, 5) is 3.37. The van der Waals surface area contributed by atoms with E-state index in [1.54, 1.807) is 13.0 Å². The third-order valence-electron chi connectivity index (χ3n) is 7.16. The van der Waals surface area contributed by atoms with Gasteiger partial charge in [0.2, 0.25) is 0 Å². The van der Waals surface area contributed by atoms with Crippen LogP contribution < -0.4 is 10.1 Å². The van der Waals surface area contributed by atoms with Crippen molar-refractivity contribution in [3.05, 3.63) is 70.9 Å². The van der Waals surface area contributed by atoms with Gasteiger partial charge in [-0.2, -0.15) is 0 Å². The minimum Gasteiger partial charge on any atom is -0.504 e. The highest BCUT2D eigenvalue weighted by molar-refractivity contribution is 5.42. The molecule has 0 aliphatic carbocycles. The Balaban J connectivity index is 1.58. The first-order chi connectivity index (χ1) is 18.3. The quantitative estimate of drug-likeness (QED) is 0.152. The van der Waals surface area contributed by atoms with Crippen molar-refractivity contribution in [2.75, 3.05) is 13.2 Å². The van der Waals surface area contributed by atoms with Gasteiger partial charge in [0, 0.05) is 24.7 Å². The van der Waals surface area contributed by atoms with Crippen LogP contribution in [0.1, 0.15) is 93.7 Å². The number of hydrogen-bond acceptors (Lipinski definition) is 6. The second-order valence-electron chi connectivity index (χ2n) is 10.4. The number of likely N-dealkylation sites (N-methyl/N-ethyl adjacent to an activating group) is 1. The number of H-pyrrole nitrogens is 1. The maximum absolute atomic E-state index is 10.4. The molecule has 2 heterocycles. The molecule has 0 spiro atoms. The number of rotatable bonds is 17. The van der Waals surface area contributed by atoms with Crippen LogP contribution in [0.25, 0.3) is 0 Å². The number of ether oxygens (including phenoxy) is 1. The lowest BCUT2D eigenvalue weighted by molar-refractivity contribution is 0.0242. The third-order valence-corrected chi connectivity index (χ3v) is 7.16. The van der Waals surface area contributed by atoms with Crippen LogP contribution in [-0.2, 0) is 19.3 Å².